The van der Waals surface area contributed by atoms with Crippen molar-refractivity contribution in [3.8, 4) is 17.2 Å². The highest BCUT2D eigenvalue weighted by molar-refractivity contribution is 5.94. The number of hydrogen-bond donors (Lipinski definition) is 2. The van der Waals surface area contributed by atoms with E-state index in [0.717, 1.165) is 11.1 Å². The summed E-state index contributed by atoms with van der Waals surface area (Å²) < 4.78 is 15.9. The average Bonchev–Trinajstić information content (AvgIpc) is 2.65. The maximum absolute atomic E-state index is 12.3. The van der Waals surface area contributed by atoms with Gasteiger partial charge in [0.15, 0.2) is 11.5 Å². The number of amides is 1. The molecule has 128 valence electrons. The Labute approximate surface area is 141 Å². The highest BCUT2D eigenvalue weighted by Crippen LogP contribution is 2.34. The Kier molecular flexibility index (Phi) is 6.03. The summed E-state index contributed by atoms with van der Waals surface area (Å²) in [6.45, 7) is 0.756. The Balaban J connectivity index is 2.13. The lowest BCUT2D eigenvalue weighted by Crippen LogP contribution is -2.23. The summed E-state index contributed by atoms with van der Waals surface area (Å²) in [4.78, 5) is 12.3. The Morgan fingerprint density at radius 2 is 1.54 bits per heavy atom. The lowest BCUT2D eigenvalue weighted by Gasteiger charge is -2.14. The van der Waals surface area contributed by atoms with Crippen molar-refractivity contribution >= 4 is 5.91 Å². The molecular weight excluding hydrogens is 308 g/mol. The van der Waals surface area contributed by atoms with Crippen molar-refractivity contribution in [3.05, 3.63) is 53.1 Å². The molecule has 6 heteroatoms. The zero-order valence-corrected chi connectivity index (χ0v) is 14.1. The molecule has 0 saturated heterocycles. The van der Waals surface area contributed by atoms with Crippen LogP contribution >= 0.6 is 0 Å². The molecule has 0 fully saturated rings. The van der Waals surface area contributed by atoms with Crippen LogP contribution in [0.5, 0.6) is 17.2 Å². The van der Waals surface area contributed by atoms with Crippen molar-refractivity contribution in [1.82, 2.24) is 5.32 Å². The largest absolute Gasteiger partial charge is 0.496 e. The van der Waals surface area contributed by atoms with Crippen LogP contribution < -0.4 is 25.3 Å². The molecule has 2 rings (SSSR count). The molecule has 0 aromatic heterocycles. The van der Waals surface area contributed by atoms with E-state index >= 15 is 0 Å². The number of hydrogen-bond acceptors (Lipinski definition) is 5. The summed E-state index contributed by atoms with van der Waals surface area (Å²) in [6, 6.07) is 10.7. The van der Waals surface area contributed by atoms with Crippen LogP contribution in [-0.4, -0.2) is 27.2 Å². The van der Waals surface area contributed by atoms with Crippen LogP contribution in [0.25, 0.3) is 0 Å². The maximum atomic E-state index is 12.3. The molecule has 0 spiro atoms. The van der Waals surface area contributed by atoms with Gasteiger partial charge in [-0.1, -0.05) is 12.1 Å². The van der Waals surface area contributed by atoms with Gasteiger partial charge in [-0.15, -0.1) is 0 Å². The number of nitrogens with one attached hydrogen (secondary N) is 1. The first-order valence-corrected chi connectivity index (χ1v) is 7.49. The van der Waals surface area contributed by atoms with Gasteiger partial charge in [0.2, 0.25) is 0 Å². The molecule has 3 N–H and O–H groups in total. The molecule has 0 bridgehead atoms. The first-order chi connectivity index (χ1) is 11.6. The van der Waals surface area contributed by atoms with E-state index in [1.54, 1.807) is 45.6 Å². The molecule has 0 saturated carbocycles. The van der Waals surface area contributed by atoms with E-state index in [4.69, 9.17) is 19.9 Å². The fourth-order valence-corrected chi connectivity index (χ4v) is 2.30. The quantitative estimate of drug-likeness (QED) is 0.812. The predicted molar refractivity (Wildman–Crippen MR) is 91.6 cm³/mol. The lowest BCUT2D eigenvalue weighted by atomic mass is 10.1. The summed E-state index contributed by atoms with van der Waals surface area (Å²) in [7, 11) is 4.69. The van der Waals surface area contributed by atoms with Gasteiger partial charge in [0.1, 0.15) is 5.75 Å². The molecule has 0 atom stereocenters. The van der Waals surface area contributed by atoms with E-state index in [2.05, 4.69) is 5.32 Å². The molecule has 24 heavy (non-hydrogen) atoms. The van der Waals surface area contributed by atoms with Crippen LogP contribution in [0.15, 0.2) is 36.4 Å². The standard InChI is InChI=1S/C18H22N2O4/c1-22-15-9-17(24-3)16(23-2)8-14(15)11-20-18(21)13-6-4-12(10-19)5-7-13/h4-9H,10-11,19H2,1-3H3,(H,20,21). The molecule has 0 aliphatic rings. The first kappa shape index (κ1) is 17.6. The Bertz CT molecular complexity index is 699. The van der Waals surface area contributed by atoms with E-state index in [0.29, 0.717) is 35.9 Å². The molecule has 0 radical (unpaired) electrons. The molecule has 0 aliphatic heterocycles. The van der Waals surface area contributed by atoms with Crippen molar-refractivity contribution in [3.63, 3.8) is 0 Å². The van der Waals surface area contributed by atoms with Crippen LogP contribution in [0.4, 0.5) is 0 Å². The van der Waals surface area contributed by atoms with Crippen molar-refractivity contribution in [1.29, 1.82) is 0 Å². The summed E-state index contributed by atoms with van der Waals surface area (Å²) in [5, 5.41) is 2.87. The molecule has 2 aromatic rings. The van der Waals surface area contributed by atoms with Crippen LogP contribution in [0.2, 0.25) is 0 Å². The number of carbonyl (C=O) groups is 1. The third-order valence-corrected chi connectivity index (χ3v) is 3.68. The predicted octanol–water partition coefficient (Wildman–Crippen LogP) is 2.10. The van der Waals surface area contributed by atoms with Crippen molar-refractivity contribution < 1.29 is 19.0 Å². The van der Waals surface area contributed by atoms with E-state index in [1.165, 1.54) is 0 Å². The zero-order chi connectivity index (χ0) is 17.5. The fraction of sp³-hybridized carbons (Fsp3) is 0.278. The van der Waals surface area contributed by atoms with Gasteiger partial charge in [-0.25, -0.2) is 0 Å². The minimum atomic E-state index is -0.171. The Morgan fingerprint density at radius 1 is 0.958 bits per heavy atom. The Hall–Kier alpha value is -2.73. The first-order valence-electron chi connectivity index (χ1n) is 7.49. The van der Waals surface area contributed by atoms with Crippen molar-refractivity contribution in [2.75, 3.05) is 21.3 Å². The van der Waals surface area contributed by atoms with Crippen molar-refractivity contribution in [2.24, 2.45) is 5.73 Å². The second kappa shape index (κ2) is 8.21. The van der Waals surface area contributed by atoms with E-state index in [-0.39, 0.29) is 5.91 Å². The summed E-state index contributed by atoms with van der Waals surface area (Å²) in [5.41, 5.74) is 7.91. The molecule has 0 heterocycles. The molecule has 1 amide bonds. The number of nitrogens with two attached hydrogens (primary N) is 1. The van der Waals surface area contributed by atoms with Crippen molar-refractivity contribution in [2.45, 2.75) is 13.1 Å². The average molecular weight is 330 g/mol. The molecule has 2 aromatic carbocycles. The molecule has 0 aliphatic carbocycles. The van der Waals surface area contributed by atoms with Gasteiger partial charge in [-0.3, -0.25) is 4.79 Å². The zero-order valence-electron chi connectivity index (χ0n) is 14.1. The summed E-state index contributed by atoms with van der Waals surface area (Å²) >= 11 is 0. The highest BCUT2D eigenvalue weighted by Gasteiger charge is 2.13. The molecular formula is C18H22N2O4. The SMILES string of the molecule is COc1cc(OC)c(OC)cc1CNC(=O)c1ccc(CN)cc1. The lowest BCUT2D eigenvalue weighted by molar-refractivity contribution is 0.0950. The third-order valence-electron chi connectivity index (χ3n) is 3.68. The van der Waals surface area contributed by atoms with Gasteiger partial charge in [-0.05, 0) is 23.8 Å². The maximum Gasteiger partial charge on any atom is 0.251 e. The van der Waals surface area contributed by atoms with Crippen LogP contribution in [0.3, 0.4) is 0 Å². The summed E-state index contributed by atoms with van der Waals surface area (Å²) in [5.74, 6) is 1.60. The van der Waals surface area contributed by atoms with E-state index in [9.17, 15) is 4.79 Å². The fourth-order valence-electron chi connectivity index (χ4n) is 2.30. The monoisotopic (exact) mass is 330 g/mol. The van der Waals surface area contributed by atoms with Gasteiger partial charge >= 0.3 is 0 Å². The minimum Gasteiger partial charge on any atom is -0.496 e. The van der Waals surface area contributed by atoms with Gasteiger partial charge in [0, 0.05) is 30.3 Å². The topological polar surface area (TPSA) is 82.8 Å². The van der Waals surface area contributed by atoms with Crippen LogP contribution in [-0.2, 0) is 13.1 Å². The second-order valence-corrected chi connectivity index (χ2v) is 5.10. The smallest absolute Gasteiger partial charge is 0.251 e. The Morgan fingerprint density at radius 3 is 2.08 bits per heavy atom. The number of ether oxygens (including phenoxy) is 3. The van der Waals surface area contributed by atoms with E-state index in [1.807, 2.05) is 12.1 Å². The summed E-state index contributed by atoms with van der Waals surface area (Å²) in [6.07, 6.45) is 0. The van der Waals surface area contributed by atoms with E-state index < -0.39 is 0 Å². The van der Waals surface area contributed by atoms with Gasteiger partial charge in [-0.2, -0.15) is 0 Å². The van der Waals surface area contributed by atoms with Gasteiger partial charge in [0.05, 0.1) is 21.3 Å². The second-order valence-electron chi connectivity index (χ2n) is 5.10. The number of methoxy groups -OCH3 is 3. The number of carbonyl (C=O) groups excluding carboxylic acids is 1. The van der Waals surface area contributed by atoms with Crippen LogP contribution in [0.1, 0.15) is 21.5 Å². The highest BCUT2D eigenvalue weighted by atomic mass is 16.5. The molecule has 0 unspecified atom stereocenters. The number of benzene rings is 2. The van der Waals surface area contributed by atoms with Crippen LogP contribution in [0, 0.1) is 0 Å². The molecule has 6 nitrogen and oxygen atoms in total. The normalized spacial score (nSPS) is 10.2. The van der Waals surface area contributed by atoms with Gasteiger partial charge < -0.3 is 25.3 Å². The third kappa shape index (κ3) is 3.97. The van der Waals surface area contributed by atoms with Gasteiger partial charge in [0.25, 0.3) is 5.91 Å². The minimum absolute atomic E-state index is 0.171. The number of rotatable bonds is 7.